The Hall–Kier alpha value is -3.12. The Labute approximate surface area is 180 Å². The van der Waals surface area contributed by atoms with E-state index >= 15 is 0 Å². The van der Waals surface area contributed by atoms with Crippen molar-refractivity contribution in [2.45, 2.75) is 31.9 Å². The van der Waals surface area contributed by atoms with Gasteiger partial charge in [0, 0.05) is 17.5 Å². The first-order chi connectivity index (χ1) is 14.5. The zero-order valence-electron chi connectivity index (χ0n) is 16.9. The van der Waals surface area contributed by atoms with Crippen molar-refractivity contribution in [3.8, 4) is 0 Å². The Morgan fingerprint density at radius 3 is 2.70 bits per heavy atom. The molecule has 1 aliphatic rings. The first kappa shape index (κ1) is 20.2. The molecule has 1 heterocycles. The molecule has 0 aromatic heterocycles. The van der Waals surface area contributed by atoms with Crippen LogP contribution in [-0.4, -0.2) is 22.2 Å². The van der Waals surface area contributed by atoms with Gasteiger partial charge in [-0.2, -0.15) is 0 Å². The molecule has 6 heteroatoms. The van der Waals surface area contributed by atoms with Crippen LogP contribution in [0.15, 0.2) is 65.7 Å². The molecule has 1 atom stereocenters. The van der Waals surface area contributed by atoms with Crippen molar-refractivity contribution in [1.29, 1.82) is 0 Å². The average Bonchev–Trinajstić information content (AvgIpc) is 3.08. The molecule has 3 aromatic rings. The van der Waals surface area contributed by atoms with Crippen LogP contribution in [-0.2, 0) is 16.0 Å². The second-order valence-corrected chi connectivity index (χ2v) is 8.42. The maximum Gasteiger partial charge on any atom is 0.240 e. The van der Waals surface area contributed by atoms with E-state index in [0.717, 1.165) is 39.7 Å². The Morgan fingerprint density at radius 2 is 1.87 bits per heavy atom. The lowest BCUT2D eigenvalue weighted by atomic mass is 10.1. The Morgan fingerprint density at radius 1 is 1.10 bits per heavy atom. The zero-order valence-corrected chi connectivity index (χ0v) is 17.8. The molecule has 5 nitrogen and oxygen atoms in total. The second-order valence-electron chi connectivity index (χ2n) is 7.23. The summed E-state index contributed by atoms with van der Waals surface area (Å²) in [6.45, 7) is 4.09. The predicted octanol–water partition coefficient (Wildman–Crippen LogP) is 4.96. The van der Waals surface area contributed by atoms with Crippen LogP contribution < -0.4 is 10.6 Å². The molecule has 0 unspecified atom stereocenters. The van der Waals surface area contributed by atoms with Crippen molar-refractivity contribution in [1.82, 2.24) is 5.32 Å². The van der Waals surface area contributed by atoms with Gasteiger partial charge in [0.05, 0.1) is 5.69 Å². The van der Waals surface area contributed by atoms with E-state index in [0.29, 0.717) is 5.17 Å². The number of amides is 2. The number of rotatable bonds is 5. The molecule has 30 heavy (non-hydrogen) atoms. The third-order valence-corrected chi connectivity index (χ3v) is 6.21. The van der Waals surface area contributed by atoms with Crippen LogP contribution in [0.4, 0.5) is 11.4 Å². The average molecular weight is 418 g/mol. The van der Waals surface area contributed by atoms with Gasteiger partial charge in [-0.25, -0.2) is 4.99 Å². The van der Waals surface area contributed by atoms with Gasteiger partial charge in [0.25, 0.3) is 0 Å². The van der Waals surface area contributed by atoms with Crippen LogP contribution in [0.2, 0.25) is 0 Å². The number of hydrogen-bond donors (Lipinski definition) is 2. The highest BCUT2D eigenvalue weighted by atomic mass is 32.2. The topological polar surface area (TPSA) is 70.6 Å². The summed E-state index contributed by atoms with van der Waals surface area (Å²) in [5, 5.41) is 7.87. The number of benzene rings is 3. The number of carbonyl (C=O) groups is 2. The van der Waals surface area contributed by atoms with Gasteiger partial charge >= 0.3 is 0 Å². The number of nitrogens with zero attached hydrogens (tertiary/aromatic N) is 1. The Balaban J connectivity index is 1.47. The molecular formula is C24H23N3O2S. The van der Waals surface area contributed by atoms with Gasteiger partial charge < -0.3 is 10.6 Å². The zero-order chi connectivity index (χ0) is 21.1. The summed E-state index contributed by atoms with van der Waals surface area (Å²) < 4.78 is 0. The SMILES string of the molecule is CCc1cccc(C)c1N=C1NC(=O)[C@@H](CC(=O)Nc2cccc3ccccc23)S1. The fourth-order valence-electron chi connectivity index (χ4n) is 3.56. The van der Waals surface area contributed by atoms with E-state index in [9.17, 15) is 9.59 Å². The number of para-hydroxylation sites is 1. The van der Waals surface area contributed by atoms with Gasteiger partial charge in [-0.05, 0) is 35.9 Å². The minimum absolute atomic E-state index is 0.0904. The van der Waals surface area contributed by atoms with Crippen LogP contribution in [0.5, 0.6) is 0 Å². The van der Waals surface area contributed by atoms with Gasteiger partial charge in [-0.15, -0.1) is 0 Å². The molecule has 2 N–H and O–H groups in total. The maximum absolute atomic E-state index is 12.6. The standard InChI is InChI=1S/C24H23N3O2S/c1-3-16-10-6-8-15(2)22(16)26-24-27-23(29)20(30-24)14-21(28)25-19-13-7-11-17-9-4-5-12-18(17)19/h4-13,20H,3,14H2,1-2H3,(H,25,28)(H,26,27,29)/t20-/m1/s1. The van der Waals surface area contributed by atoms with Crippen LogP contribution >= 0.6 is 11.8 Å². The first-order valence-corrected chi connectivity index (χ1v) is 10.9. The fraction of sp³-hybridized carbons (Fsp3) is 0.208. The molecular weight excluding hydrogens is 394 g/mol. The molecule has 0 spiro atoms. The van der Waals surface area contributed by atoms with Crippen LogP contribution in [0.25, 0.3) is 10.8 Å². The number of aryl methyl sites for hydroxylation is 2. The van der Waals surface area contributed by atoms with Gasteiger partial charge in [0.1, 0.15) is 5.25 Å². The number of hydrogen-bond acceptors (Lipinski definition) is 4. The number of thioether (sulfide) groups is 1. The van der Waals surface area contributed by atoms with Crippen molar-refractivity contribution in [2.75, 3.05) is 5.32 Å². The molecule has 0 bridgehead atoms. The molecule has 4 rings (SSSR count). The van der Waals surface area contributed by atoms with E-state index < -0.39 is 5.25 Å². The minimum Gasteiger partial charge on any atom is -0.325 e. The summed E-state index contributed by atoms with van der Waals surface area (Å²) >= 11 is 1.31. The summed E-state index contributed by atoms with van der Waals surface area (Å²) in [5.74, 6) is -0.371. The van der Waals surface area contributed by atoms with E-state index in [-0.39, 0.29) is 18.2 Å². The Kier molecular flexibility index (Phi) is 5.86. The summed E-state index contributed by atoms with van der Waals surface area (Å²) in [5.41, 5.74) is 3.84. The van der Waals surface area contributed by atoms with Gasteiger partial charge in [-0.1, -0.05) is 73.3 Å². The number of fused-ring (bicyclic) bond motifs is 1. The lowest BCUT2D eigenvalue weighted by molar-refractivity contribution is -0.122. The van der Waals surface area contributed by atoms with Gasteiger partial charge in [-0.3, -0.25) is 9.59 Å². The smallest absolute Gasteiger partial charge is 0.240 e. The Bertz CT molecular complexity index is 1150. The number of amidine groups is 1. The summed E-state index contributed by atoms with van der Waals surface area (Å²) in [6, 6.07) is 19.7. The van der Waals surface area contributed by atoms with E-state index in [1.54, 1.807) is 0 Å². The molecule has 152 valence electrons. The fourth-order valence-corrected chi connectivity index (χ4v) is 4.54. The lowest BCUT2D eigenvalue weighted by Gasteiger charge is -2.10. The van der Waals surface area contributed by atoms with E-state index in [2.05, 4.69) is 22.5 Å². The minimum atomic E-state index is -0.493. The third kappa shape index (κ3) is 4.24. The largest absolute Gasteiger partial charge is 0.325 e. The molecule has 0 radical (unpaired) electrons. The second kappa shape index (κ2) is 8.71. The molecule has 1 fully saturated rings. The summed E-state index contributed by atoms with van der Waals surface area (Å²) in [7, 11) is 0. The van der Waals surface area contributed by atoms with Crippen LogP contribution in [0, 0.1) is 6.92 Å². The monoisotopic (exact) mass is 417 g/mol. The van der Waals surface area contributed by atoms with Gasteiger partial charge in [0.2, 0.25) is 11.8 Å². The van der Waals surface area contributed by atoms with Crippen molar-refractivity contribution in [3.63, 3.8) is 0 Å². The third-order valence-electron chi connectivity index (χ3n) is 5.13. The van der Waals surface area contributed by atoms with Crippen LogP contribution in [0.1, 0.15) is 24.5 Å². The molecule has 3 aromatic carbocycles. The normalized spacial score (nSPS) is 17.3. The summed E-state index contributed by atoms with van der Waals surface area (Å²) in [6.07, 6.45) is 0.955. The maximum atomic E-state index is 12.6. The molecule has 0 aliphatic carbocycles. The van der Waals surface area contributed by atoms with Crippen LogP contribution in [0.3, 0.4) is 0 Å². The van der Waals surface area contributed by atoms with E-state index in [1.165, 1.54) is 11.8 Å². The molecule has 2 amide bonds. The molecule has 1 saturated heterocycles. The van der Waals surface area contributed by atoms with E-state index in [1.807, 2.05) is 67.6 Å². The number of carbonyl (C=O) groups excluding carboxylic acids is 2. The highest BCUT2D eigenvalue weighted by molar-refractivity contribution is 8.15. The van der Waals surface area contributed by atoms with Crippen molar-refractivity contribution < 1.29 is 9.59 Å². The molecule has 0 saturated carbocycles. The quantitative estimate of drug-likeness (QED) is 0.616. The van der Waals surface area contributed by atoms with Crippen molar-refractivity contribution >= 4 is 50.9 Å². The predicted molar refractivity (Wildman–Crippen MR) is 124 cm³/mol. The van der Waals surface area contributed by atoms with Gasteiger partial charge in [0.15, 0.2) is 5.17 Å². The van der Waals surface area contributed by atoms with Crippen molar-refractivity contribution in [2.24, 2.45) is 4.99 Å². The number of nitrogens with one attached hydrogen (secondary N) is 2. The highest BCUT2D eigenvalue weighted by Gasteiger charge is 2.32. The lowest BCUT2D eigenvalue weighted by Crippen LogP contribution is -2.28. The number of aliphatic imine (C=N–C) groups is 1. The van der Waals surface area contributed by atoms with E-state index in [4.69, 9.17) is 0 Å². The molecule has 1 aliphatic heterocycles. The van der Waals surface area contributed by atoms with Crippen molar-refractivity contribution in [3.05, 3.63) is 71.8 Å². The first-order valence-electron chi connectivity index (χ1n) is 9.97. The number of anilines is 1. The highest BCUT2D eigenvalue weighted by Crippen LogP contribution is 2.30. The summed E-state index contributed by atoms with van der Waals surface area (Å²) in [4.78, 5) is 29.7.